The number of nitrogens with one attached hydrogen (secondary N) is 1. The van der Waals surface area contributed by atoms with Crippen LogP contribution >= 0.6 is 12.4 Å². The number of piperazine rings is 1. The van der Waals surface area contributed by atoms with Gasteiger partial charge in [0.2, 0.25) is 0 Å². The molecule has 1 aliphatic rings. The Morgan fingerprint density at radius 3 is 2.49 bits per heavy atom. The standard InChI is InChI=1S/C28H31N3O3.ClH/c1-33-27-11-5-3-9-24(27)31-18-16-30(17-19-31)15-7-6-14-29-28(32)21-12-13-26-23(20-21)22-8-2-4-10-25(22)34-26;/h2-5,8-13,20H,6-7,14-19H2,1H3,(H,29,32);1H. The summed E-state index contributed by atoms with van der Waals surface area (Å²) in [4.78, 5) is 17.6. The molecule has 1 amide bonds. The summed E-state index contributed by atoms with van der Waals surface area (Å²) >= 11 is 0. The molecular weight excluding hydrogens is 462 g/mol. The highest BCUT2D eigenvalue weighted by atomic mass is 35.5. The van der Waals surface area contributed by atoms with Crippen LogP contribution in [-0.2, 0) is 0 Å². The average Bonchev–Trinajstić information content (AvgIpc) is 3.26. The number of unbranched alkanes of at least 4 members (excludes halogenated alkanes) is 1. The Hall–Kier alpha value is -3.22. The van der Waals surface area contributed by atoms with E-state index in [1.165, 1.54) is 5.69 Å². The molecule has 0 unspecified atom stereocenters. The number of halogens is 1. The van der Waals surface area contributed by atoms with Crippen LogP contribution in [0.4, 0.5) is 5.69 Å². The number of carbonyl (C=O) groups excluding carboxylic acids is 1. The van der Waals surface area contributed by atoms with Crippen molar-refractivity contribution in [3.8, 4) is 5.75 Å². The zero-order valence-electron chi connectivity index (χ0n) is 20.0. The normalized spacial score (nSPS) is 14.1. The fraction of sp³-hybridized carbons (Fsp3) is 0.321. The lowest BCUT2D eigenvalue weighted by atomic mass is 10.1. The Kier molecular flexibility index (Phi) is 8.16. The molecule has 4 aromatic rings. The third-order valence-corrected chi connectivity index (χ3v) is 6.62. The molecule has 184 valence electrons. The Morgan fingerprint density at radius 2 is 1.66 bits per heavy atom. The van der Waals surface area contributed by atoms with Crippen LogP contribution in [0.25, 0.3) is 21.9 Å². The molecule has 1 fully saturated rings. The van der Waals surface area contributed by atoms with Crippen LogP contribution in [0, 0.1) is 0 Å². The number of hydrogen-bond donors (Lipinski definition) is 1. The summed E-state index contributed by atoms with van der Waals surface area (Å²) in [6.07, 6.45) is 2.04. The van der Waals surface area contributed by atoms with E-state index >= 15 is 0 Å². The fourth-order valence-electron chi connectivity index (χ4n) is 4.74. The summed E-state index contributed by atoms with van der Waals surface area (Å²) < 4.78 is 11.4. The summed E-state index contributed by atoms with van der Waals surface area (Å²) in [6, 6.07) is 21.8. The minimum absolute atomic E-state index is 0. The number of methoxy groups -OCH3 is 1. The monoisotopic (exact) mass is 493 g/mol. The molecule has 0 bridgehead atoms. The molecule has 6 nitrogen and oxygen atoms in total. The van der Waals surface area contributed by atoms with E-state index in [1.54, 1.807) is 7.11 Å². The van der Waals surface area contributed by atoms with Gasteiger partial charge in [-0.05, 0) is 55.8 Å². The van der Waals surface area contributed by atoms with E-state index < -0.39 is 0 Å². The van der Waals surface area contributed by atoms with Crippen molar-refractivity contribution in [2.75, 3.05) is 51.3 Å². The van der Waals surface area contributed by atoms with Crippen LogP contribution in [0.3, 0.4) is 0 Å². The summed E-state index contributed by atoms with van der Waals surface area (Å²) in [7, 11) is 1.73. The summed E-state index contributed by atoms with van der Waals surface area (Å²) in [5, 5.41) is 5.09. The summed E-state index contributed by atoms with van der Waals surface area (Å²) in [5.74, 6) is 0.907. The van der Waals surface area contributed by atoms with Gasteiger partial charge in [-0.25, -0.2) is 0 Å². The lowest BCUT2D eigenvalue weighted by Crippen LogP contribution is -2.46. The third-order valence-electron chi connectivity index (χ3n) is 6.62. The minimum Gasteiger partial charge on any atom is -0.495 e. The van der Waals surface area contributed by atoms with Gasteiger partial charge in [-0.1, -0.05) is 30.3 Å². The van der Waals surface area contributed by atoms with Gasteiger partial charge in [0.1, 0.15) is 16.9 Å². The maximum absolute atomic E-state index is 12.7. The smallest absolute Gasteiger partial charge is 0.251 e. The van der Waals surface area contributed by atoms with Crippen LogP contribution in [0.1, 0.15) is 23.2 Å². The van der Waals surface area contributed by atoms with Gasteiger partial charge in [0.25, 0.3) is 5.91 Å². The maximum atomic E-state index is 12.7. The summed E-state index contributed by atoms with van der Waals surface area (Å²) in [5.41, 5.74) is 3.50. The van der Waals surface area contributed by atoms with E-state index in [9.17, 15) is 4.79 Å². The number of carbonyl (C=O) groups is 1. The number of anilines is 1. The second-order valence-electron chi connectivity index (χ2n) is 8.77. The Morgan fingerprint density at radius 1 is 0.914 bits per heavy atom. The molecule has 1 aromatic heterocycles. The first kappa shape index (κ1) is 24.9. The van der Waals surface area contributed by atoms with Gasteiger partial charge in [0, 0.05) is 49.1 Å². The van der Waals surface area contributed by atoms with Crippen LogP contribution in [0.2, 0.25) is 0 Å². The first-order valence-electron chi connectivity index (χ1n) is 12.0. The van der Waals surface area contributed by atoms with Gasteiger partial charge in [-0.2, -0.15) is 0 Å². The first-order chi connectivity index (χ1) is 16.7. The summed E-state index contributed by atoms with van der Waals surface area (Å²) in [6.45, 7) is 5.84. The second kappa shape index (κ2) is 11.5. The van der Waals surface area contributed by atoms with E-state index in [-0.39, 0.29) is 18.3 Å². The topological polar surface area (TPSA) is 58.0 Å². The molecule has 0 atom stereocenters. The van der Waals surface area contributed by atoms with Crippen LogP contribution in [0.15, 0.2) is 71.1 Å². The number of benzene rings is 3. The van der Waals surface area contributed by atoms with E-state index in [0.29, 0.717) is 12.1 Å². The van der Waals surface area contributed by atoms with Crippen molar-refractivity contribution in [1.82, 2.24) is 10.2 Å². The van der Waals surface area contributed by atoms with E-state index in [0.717, 1.165) is 73.3 Å². The Balaban J connectivity index is 0.00000289. The lowest BCUT2D eigenvalue weighted by molar-refractivity contribution is 0.0952. The highest BCUT2D eigenvalue weighted by molar-refractivity contribution is 6.08. The van der Waals surface area contributed by atoms with Crippen molar-refractivity contribution in [3.63, 3.8) is 0 Å². The van der Waals surface area contributed by atoms with Gasteiger partial charge < -0.3 is 19.4 Å². The molecule has 7 heteroatoms. The van der Waals surface area contributed by atoms with Gasteiger partial charge in [-0.15, -0.1) is 12.4 Å². The quantitative estimate of drug-likeness (QED) is 0.335. The lowest BCUT2D eigenvalue weighted by Gasteiger charge is -2.36. The zero-order chi connectivity index (χ0) is 23.3. The van der Waals surface area contributed by atoms with Crippen molar-refractivity contribution in [1.29, 1.82) is 0 Å². The zero-order valence-corrected chi connectivity index (χ0v) is 20.9. The number of fused-ring (bicyclic) bond motifs is 3. The molecule has 0 saturated carbocycles. The molecule has 35 heavy (non-hydrogen) atoms. The molecule has 0 spiro atoms. The first-order valence-corrected chi connectivity index (χ1v) is 12.0. The van der Waals surface area contributed by atoms with E-state index in [1.807, 2.05) is 54.6 Å². The van der Waals surface area contributed by atoms with E-state index in [4.69, 9.17) is 9.15 Å². The Labute approximate surface area is 212 Å². The van der Waals surface area contributed by atoms with Crippen molar-refractivity contribution in [3.05, 3.63) is 72.3 Å². The number of rotatable bonds is 8. The molecule has 1 saturated heterocycles. The van der Waals surface area contributed by atoms with Crippen molar-refractivity contribution < 1.29 is 13.9 Å². The highest BCUT2D eigenvalue weighted by Crippen LogP contribution is 2.29. The number of para-hydroxylation sites is 3. The molecule has 0 radical (unpaired) electrons. The third kappa shape index (κ3) is 5.55. The van der Waals surface area contributed by atoms with E-state index in [2.05, 4.69) is 27.2 Å². The van der Waals surface area contributed by atoms with Crippen LogP contribution in [0.5, 0.6) is 5.75 Å². The molecule has 5 rings (SSSR count). The highest BCUT2D eigenvalue weighted by Gasteiger charge is 2.19. The van der Waals surface area contributed by atoms with Crippen molar-refractivity contribution >= 4 is 45.9 Å². The van der Waals surface area contributed by atoms with Gasteiger partial charge in [-0.3, -0.25) is 9.69 Å². The van der Waals surface area contributed by atoms with Gasteiger partial charge in [0.05, 0.1) is 12.8 Å². The van der Waals surface area contributed by atoms with Crippen LogP contribution in [-0.4, -0.2) is 57.2 Å². The number of furan rings is 1. The maximum Gasteiger partial charge on any atom is 0.251 e. The number of hydrogen-bond acceptors (Lipinski definition) is 5. The predicted molar refractivity (Wildman–Crippen MR) is 144 cm³/mol. The van der Waals surface area contributed by atoms with Crippen LogP contribution < -0.4 is 15.0 Å². The van der Waals surface area contributed by atoms with Gasteiger partial charge in [0.15, 0.2) is 0 Å². The number of amides is 1. The van der Waals surface area contributed by atoms with Gasteiger partial charge >= 0.3 is 0 Å². The number of nitrogens with zero attached hydrogens (tertiary/aromatic N) is 2. The largest absolute Gasteiger partial charge is 0.495 e. The molecule has 2 heterocycles. The molecule has 0 aliphatic carbocycles. The average molecular weight is 494 g/mol. The minimum atomic E-state index is -0.0300. The SMILES string of the molecule is COc1ccccc1N1CCN(CCCCNC(=O)c2ccc3oc4ccccc4c3c2)CC1.Cl. The Bertz CT molecular complexity index is 1280. The molecular formula is C28H32ClN3O3. The second-order valence-corrected chi connectivity index (χ2v) is 8.77. The fourth-order valence-corrected chi connectivity index (χ4v) is 4.74. The number of ether oxygens (including phenoxy) is 1. The van der Waals surface area contributed by atoms with Crippen molar-refractivity contribution in [2.45, 2.75) is 12.8 Å². The molecule has 3 aromatic carbocycles. The molecule has 1 aliphatic heterocycles. The molecule has 1 N–H and O–H groups in total. The van der Waals surface area contributed by atoms with Crippen molar-refractivity contribution in [2.24, 2.45) is 0 Å². The predicted octanol–water partition coefficient (Wildman–Crippen LogP) is 5.35.